The normalized spacial score (nSPS) is 15.5. The highest BCUT2D eigenvalue weighted by Crippen LogP contribution is 2.31. The molecule has 0 unspecified atom stereocenters. The van der Waals surface area contributed by atoms with Gasteiger partial charge in [-0.2, -0.15) is 0 Å². The minimum Gasteiger partial charge on any atom is -0.463 e. The van der Waals surface area contributed by atoms with Crippen molar-refractivity contribution in [2.45, 2.75) is 26.8 Å². The molecule has 0 aliphatic carbocycles. The summed E-state index contributed by atoms with van der Waals surface area (Å²) in [6.07, 6.45) is 1.73. The summed E-state index contributed by atoms with van der Waals surface area (Å²) in [6, 6.07) is 11.4. The summed E-state index contributed by atoms with van der Waals surface area (Å²) in [4.78, 5) is 42.8. The van der Waals surface area contributed by atoms with E-state index in [2.05, 4.69) is 20.9 Å². The lowest BCUT2D eigenvalue weighted by atomic mass is 9.96. The number of allylic oxidation sites excluding steroid dienone is 1. The van der Waals surface area contributed by atoms with E-state index in [-0.39, 0.29) is 12.2 Å². The molecule has 7 nitrogen and oxygen atoms in total. The number of ether oxygens (including phenoxy) is 2. The van der Waals surface area contributed by atoms with Gasteiger partial charge >= 0.3 is 11.9 Å². The Balaban J connectivity index is 1.88. The molecule has 0 saturated heterocycles. The van der Waals surface area contributed by atoms with Crippen LogP contribution in [0.2, 0.25) is 5.02 Å². The Labute approximate surface area is 218 Å². The monoisotopic (exact) mass is 574 g/mol. The lowest BCUT2D eigenvalue weighted by molar-refractivity contribution is -0.139. The number of thiazole rings is 1. The molecule has 0 bridgehead atoms. The largest absolute Gasteiger partial charge is 0.463 e. The lowest BCUT2D eigenvalue weighted by Crippen LogP contribution is -2.39. The zero-order valence-corrected chi connectivity index (χ0v) is 22.2. The third-order valence-corrected chi connectivity index (χ3v) is 7.06. The fourth-order valence-electron chi connectivity index (χ4n) is 3.75. The first kappa shape index (κ1) is 25.1. The van der Waals surface area contributed by atoms with E-state index in [1.54, 1.807) is 62.4 Å². The molecule has 1 aromatic heterocycles. The van der Waals surface area contributed by atoms with E-state index in [0.717, 1.165) is 5.56 Å². The van der Waals surface area contributed by atoms with Crippen LogP contribution in [-0.2, 0) is 14.3 Å². The zero-order chi connectivity index (χ0) is 25.3. The number of aromatic nitrogens is 1. The molecule has 1 aliphatic rings. The molecule has 3 aromatic rings. The highest BCUT2D eigenvalue weighted by molar-refractivity contribution is 9.10. The predicted octanol–water partition coefficient (Wildman–Crippen LogP) is 4.14. The third kappa shape index (κ3) is 5.17. The van der Waals surface area contributed by atoms with Gasteiger partial charge in [0.1, 0.15) is 5.75 Å². The van der Waals surface area contributed by atoms with E-state index < -0.39 is 18.0 Å². The van der Waals surface area contributed by atoms with Gasteiger partial charge in [-0.3, -0.25) is 14.2 Å². The molecule has 2 aromatic carbocycles. The average Bonchev–Trinajstić information content (AvgIpc) is 3.09. The number of benzene rings is 2. The van der Waals surface area contributed by atoms with E-state index in [4.69, 9.17) is 21.1 Å². The predicted molar refractivity (Wildman–Crippen MR) is 137 cm³/mol. The van der Waals surface area contributed by atoms with E-state index in [1.807, 2.05) is 0 Å². The highest BCUT2D eigenvalue weighted by atomic mass is 79.9. The molecule has 0 fully saturated rings. The SMILES string of the molecule is CCOC(=O)C1=C(C)N=c2s/c(=C\c3ccc(OC(C)=O)c(Br)c3)c(=O)n2[C@H]1c1ccc(Cl)cc1. The summed E-state index contributed by atoms with van der Waals surface area (Å²) < 4.78 is 13.0. The van der Waals surface area contributed by atoms with Crippen LogP contribution in [0.15, 0.2) is 68.0 Å². The molecule has 0 N–H and O–H groups in total. The number of nitrogens with zero attached hydrogens (tertiary/aromatic N) is 2. The van der Waals surface area contributed by atoms with Gasteiger partial charge in [0.05, 0.1) is 32.9 Å². The van der Waals surface area contributed by atoms with Gasteiger partial charge in [0.25, 0.3) is 5.56 Å². The number of halogens is 2. The Hall–Kier alpha value is -3.01. The van der Waals surface area contributed by atoms with Crippen molar-refractivity contribution in [2.75, 3.05) is 6.61 Å². The van der Waals surface area contributed by atoms with E-state index >= 15 is 0 Å². The van der Waals surface area contributed by atoms with Crippen molar-refractivity contribution >= 4 is 56.9 Å². The smallest absolute Gasteiger partial charge is 0.338 e. The van der Waals surface area contributed by atoms with E-state index in [9.17, 15) is 14.4 Å². The van der Waals surface area contributed by atoms with Crippen LogP contribution in [0.25, 0.3) is 6.08 Å². The second kappa shape index (κ2) is 10.3. The van der Waals surface area contributed by atoms with Crippen LogP contribution in [0, 0.1) is 0 Å². The van der Waals surface area contributed by atoms with Crippen LogP contribution in [-0.4, -0.2) is 23.1 Å². The maximum atomic E-state index is 13.6. The third-order valence-electron chi connectivity index (χ3n) is 5.21. The van der Waals surface area contributed by atoms with Gasteiger partial charge < -0.3 is 9.47 Å². The van der Waals surface area contributed by atoms with Gasteiger partial charge in [0, 0.05) is 11.9 Å². The van der Waals surface area contributed by atoms with Crippen molar-refractivity contribution in [3.63, 3.8) is 0 Å². The van der Waals surface area contributed by atoms with Crippen molar-refractivity contribution < 1.29 is 19.1 Å². The molecule has 10 heteroatoms. The highest BCUT2D eigenvalue weighted by Gasteiger charge is 2.33. The van der Waals surface area contributed by atoms with Crippen LogP contribution in [0.4, 0.5) is 0 Å². The molecule has 0 saturated carbocycles. The van der Waals surface area contributed by atoms with Gasteiger partial charge in [-0.1, -0.05) is 41.1 Å². The van der Waals surface area contributed by atoms with Crippen LogP contribution in [0.5, 0.6) is 5.75 Å². The second-order valence-corrected chi connectivity index (χ2v) is 9.94. The fourth-order valence-corrected chi connectivity index (χ4v) is 5.40. The maximum absolute atomic E-state index is 13.6. The molecular weight excluding hydrogens is 556 g/mol. The van der Waals surface area contributed by atoms with Crippen LogP contribution >= 0.6 is 38.9 Å². The van der Waals surface area contributed by atoms with Crippen molar-refractivity contribution in [2.24, 2.45) is 4.99 Å². The van der Waals surface area contributed by atoms with Gasteiger partial charge in [0.15, 0.2) is 4.80 Å². The summed E-state index contributed by atoms with van der Waals surface area (Å²) in [7, 11) is 0. The van der Waals surface area contributed by atoms with Crippen LogP contribution in [0.3, 0.4) is 0 Å². The maximum Gasteiger partial charge on any atom is 0.338 e. The van der Waals surface area contributed by atoms with Crippen LogP contribution < -0.4 is 19.6 Å². The van der Waals surface area contributed by atoms with Crippen molar-refractivity contribution in [1.29, 1.82) is 0 Å². The number of esters is 2. The molecule has 1 atom stereocenters. The summed E-state index contributed by atoms with van der Waals surface area (Å²) in [5.74, 6) is -0.566. The first-order chi connectivity index (χ1) is 16.7. The molecule has 35 heavy (non-hydrogen) atoms. The van der Waals surface area contributed by atoms with Gasteiger partial charge in [0.2, 0.25) is 0 Å². The standard InChI is InChI=1S/C25H20BrClN2O5S/c1-4-33-24(32)21-13(2)28-25-29(22(21)16-6-8-17(27)9-7-16)23(31)20(35-25)12-15-5-10-19(18(26)11-15)34-14(3)30/h5-12,22H,4H2,1-3H3/b20-12-/t22-/m0/s1. The zero-order valence-electron chi connectivity index (χ0n) is 19.0. The number of carbonyl (C=O) groups is 2. The molecule has 0 spiro atoms. The van der Waals surface area contributed by atoms with Gasteiger partial charge in [-0.05, 0) is 71.2 Å². The number of hydrogen-bond donors (Lipinski definition) is 0. The second-order valence-electron chi connectivity index (χ2n) is 7.64. The number of carbonyl (C=O) groups excluding carboxylic acids is 2. The van der Waals surface area contributed by atoms with Gasteiger partial charge in [-0.25, -0.2) is 9.79 Å². The quantitative estimate of drug-likeness (QED) is 0.337. The minimum atomic E-state index is -0.706. The fraction of sp³-hybridized carbons (Fsp3) is 0.200. The van der Waals surface area contributed by atoms with Crippen molar-refractivity contribution in [1.82, 2.24) is 4.57 Å². The first-order valence-electron chi connectivity index (χ1n) is 10.6. The Kier molecular flexibility index (Phi) is 7.39. The number of fused-ring (bicyclic) bond motifs is 1. The Morgan fingerprint density at radius 3 is 2.57 bits per heavy atom. The summed E-state index contributed by atoms with van der Waals surface area (Å²) in [5, 5.41) is 0.544. The molecule has 2 heterocycles. The topological polar surface area (TPSA) is 87.0 Å². The Morgan fingerprint density at radius 1 is 1.23 bits per heavy atom. The Morgan fingerprint density at radius 2 is 1.94 bits per heavy atom. The molecule has 1 aliphatic heterocycles. The summed E-state index contributed by atoms with van der Waals surface area (Å²) in [6.45, 7) is 4.98. The summed E-state index contributed by atoms with van der Waals surface area (Å²) >= 11 is 10.7. The molecule has 0 radical (unpaired) electrons. The van der Waals surface area contributed by atoms with Crippen LogP contribution in [0.1, 0.15) is 37.9 Å². The van der Waals surface area contributed by atoms with Crippen molar-refractivity contribution in [3.8, 4) is 5.75 Å². The first-order valence-corrected chi connectivity index (χ1v) is 12.6. The number of rotatable bonds is 5. The minimum absolute atomic E-state index is 0.200. The lowest BCUT2D eigenvalue weighted by Gasteiger charge is -2.24. The van der Waals surface area contributed by atoms with Gasteiger partial charge in [-0.15, -0.1) is 0 Å². The molecule has 180 valence electrons. The molecular formula is C25H20BrClN2O5S. The summed E-state index contributed by atoms with van der Waals surface area (Å²) in [5.41, 5.74) is 1.95. The average molecular weight is 576 g/mol. The van der Waals surface area contributed by atoms with E-state index in [1.165, 1.54) is 22.8 Å². The molecule has 0 amide bonds. The molecule has 4 rings (SSSR count). The van der Waals surface area contributed by atoms with E-state index in [0.29, 0.717) is 41.4 Å². The number of hydrogen-bond acceptors (Lipinski definition) is 7. The Bertz CT molecular complexity index is 1540. The van der Waals surface area contributed by atoms with Crippen molar-refractivity contribution in [3.05, 3.63) is 94.0 Å².